The summed E-state index contributed by atoms with van der Waals surface area (Å²) in [6.07, 6.45) is 5.65. The fraction of sp³-hybridized carbons (Fsp3) is 0.520. The van der Waals surface area contributed by atoms with Crippen LogP contribution in [0.2, 0.25) is 0 Å². The molecule has 0 unspecified atom stereocenters. The van der Waals surface area contributed by atoms with Gasteiger partial charge in [0.2, 0.25) is 11.8 Å². The Balaban J connectivity index is 2.09. The van der Waals surface area contributed by atoms with Crippen molar-refractivity contribution in [1.82, 2.24) is 9.80 Å². The van der Waals surface area contributed by atoms with Crippen LogP contribution in [-0.4, -0.2) is 34.2 Å². The van der Waals surface area contributed by atoms with E-state index in [-0.39, 0.29) is 24.4 Å². The highest BCUT2D eigenvalue weighted by Crippen LogP contribution is 2.17. The molecule has 0 N–H and O–H groups in total. The molecule has 0 saturated heterocycles. The summed E-state index contributed by atoms with van der Waals surface area (Å²) in [7, 11) is 0. The molecule has 0 aliphatic carbocycles. The van der Waals surface area contributed by atoms with Crippen LogP contribution in [0.15, 0.2) is 47.8 Å². The van der Waals surface area contributed by atoms with Crippen LogP contribution in [0.4, 0.5) is 0 Å². The highest BCUT2D eigenvalue weighted by atomic mass is 32.1. The standard InChI is InChI=1S/C25H36N2O2S/c1-4-6-7-11-16-24(28)27(21(3)5-2)20-25(29)26(19-23-15-12-17-30-23)18-22-13-9-8-10-14-22/h8-10,12-15,17,21H,4-7,11,16,18-20H2,1-3H3/t21-/m1/s1. The lowest BCUT2D eigenvalue weighted by Gasteiger charge is -2.31. The van der Waals surface area contributed by atoms with E-state index in [1.807, 2.05) is 53.6 Å². The average molecular weight is 429 g/mol. The third-order valence-electron chi connectivity index (χ3n) is 5.49. The van der Waals surface area contributed by atoms with E-state index in [1.165, 1.54) is 0 Å². The molecule has 2 aromatic rings. The Morgan fingerprint density at radius 3 is 2.33 bits per heavy atom. The number of thiophene rings is 1. The number of hydrogen-bond donors (Lipinski definition) is 0. The molecule has 0 bridgehead atoms. The van der Waals surface area contributed by atoms with Gasteiger partial charge in [-0.3, -0.25) is 9.59 Å². The van der Waals surface area contributed by atoms with Crippen molar-refractivity contribution in [1.29, 1.82) is 0 Å². The van der Waals surface area contributed by atoms with Gasteiger partial charge in [0, 0.05) is 23.9 Å². The molecule has 1 atom stereocenters. The molecule has 0 spiro atoms. The van der Waals surface area contributed by atoms with Crippen molar-refractivity contribution in [3.05, 3.63) is 58.3 Å². The van der Waals surface area contributed by atoms with Gasteiger partial charge in [0.25, 0.3) is 0 Å². The third-order valence-corrected chi connectivity index (χ3v) is 6.35. The zero-order chi connectivity index (χ0) is 21.8. The average Bonchev–Trinajstić information content (AvgIpc) is 3.27. The summed E-state index contributed by atoms with van der Waals surface area (Å²) in [5.41, 5.74) is 1.10. The topological polar surface area (TPSA) is 40.6 Å². The van der Waals surface area contributed by atoms with Crippen molar-refractivity contribution in [2.24, 2.45) is 0 Å². The molecule has 2 amide bonds. The summed E-state index contributed by atoms with van der Waals surface area (Å²) >= 11 is 1.66. The molecule has 1 aromatic heterocycles. The smallest absolute Gasteiger partial charge is 0.242 e. The number of unbranched alkanes of at least 4 members (excludes halogenated alkanes) is 3. The zero-order valence-electron chi connectivity index (χ0n) is 18.7. The number of benzene rings is 1. The number of amides is 2. The van der Waals surface area contributed by atoms with E-state index in [0.29, 0.717) is 19.5 Å². The molecular weight excluding hydrogens is 392 g/mol. The van der Waals surface area contributed by atoms with E-state index in [2.05, 4.69) is 19.9 Å². The first-order valence-electron chi connectivity index (χ1n) is 11.2. The molecular formula is C25H36N2O2S. The normalized spacial score (nSPS) is 11.8. The highest BCUT2D eigenvalue weighted by molar-refractivity contribution is 7.09. The molecule has 0 aliphatic rings. The maximum Gasteiger partial charge on any atom is 0.242 e. The van der Waals surface area contributed by atoms with Crippen molar-refractivity contribution in [2.75, 3.05) is 6.54 Å². The predicted molar refractivity (Wildman–Crippen MR) is 125 cm³/mol. The van der Waals surface area contributed by atoms with Gasteiger partial charge >= 0.3 is 0 Å². The summed E-state index contributed by atoms with van der Waals surface area (Å²) < 4.78 is 0. The van der Waals surface area contributed by atoms with Crippen LogP contribution in [0.3, 0.4) is 0 Å². The van der Waals surface area contributed by atoms with E-state index in [9.17, 15) is 9.59 Å². The van der Waals surface area contributed by atoms with Gasteiger partial charge in [-0.25, -0.2) is 0 Å². The minimum atomic E-state index is 0.00876. The Hall–Kier alpha value is -2.14. The van der Waals surface area contributed by atoms with Crippen LogP contribution < -0.4 is 0 Å². The van der Waals surface area contributed by atoms with E-state index >= 15 is 0 Å². The highest BCUT2D eigenvalue weighted by Gasteiger charge is 2.24. The lowest BCUT2D eigenvalue weighted by atomic mass is 10.1. The summed E-state index contributed by atoms with van der Waals surface area (Å²) in [6.45, 7) is 7.56. The van der Waals surface area contributed by atoms with Gasteiger partial charge < -0.3 is 9.80 Å². The maximum atomic E-state index is 13.3. The second-order valence-electron chi connectivity index (χ2n) is 7.90. The van der Waals surface area contributed by atoms with Crippen molar-refractivity contribution >= 4 is 23.2 Å². The molecule has 1 aromatic carbocycles. The second kappa shape index (κ2) is 13.2. The molecule has 0 aliphatic heterocycles. The van der Waals surface area contributed by atoms with Gasteiger partial charge in [-0.2, -0.15) is 0 Å². The Bertz CT molecular complexity index is 746. The zero-order valence-corrected chi connectivity index (χ0v) is 19.5. The Kier molecular flexibility index (Phi) is 10.6. The Labute approximate surface area is 185 Å². The van der Waals surface area contributed by atoms with Crippen LogP contribution in [0.5, 0.6) is 0 Å². The molecule has 0 saturated carbocycles. The molecule has 4 nitrogen and oxygen atoms in total. The van der Waals surface area contributed by atoms with Gasteiger partial charge in [0.1, 0.15) is 6.54 Å². The Morgan fingerprint density at radius 1 is 0.933 bits per heavy atom. The number of nitrogens with zero attached hydrogens (tertiary/aromatic N) is 2. The van der Waals surface area contributed by atoms with Crippen molar-refractivity contribution in [3.8, 4) is 0 Å². The van der Waals surface area contributed by atoms with Crippen LogP contribution in [0.25, 0.3) is 0 Å². The Morgan fingerprint density at radius 2 is 1.70 bits per heavy atom. The molecule has 2 rings (SSSR count). The minimum Gasteiger partial charge on any atom is -0.332 e. The fourth-order valence-electron chi connectivity index (χ4n) is 3.43. The third kappa shape index (κ3) is 7.94. The molecule has 1 heterocycles. The van der Waals surface area contributed by atoms with Gasteiger partial charge in [0.05, 0.1) is 6.54 Å². The van der Waals surface area contributed by atoms with E-state index < -0.39 is 0 Å². The second-order valence-corrected chi connectivity index (χ2v) is 8.94. The largest absolute Gasteiger partial charge is 0.332 e. The van der Waals surface area contributed by atoms with Crippen LogP contribution >= 0.6 is 11.3 Å². The summed E-state index contributed by atoms with van der Waals surface area (Å²) in [4.78, 5) is 31.0. The minimum absolute atomic E-state index is 0.00876. The SMILES string of the molecule is CCCCCCC(=O)N(CC(=O)N(Cc1ccccc1)Cc1cccs1)[C@H](C)CC. The number of rotatable bonds is 13. The predicted octanol–water partition coefficient (Wildman–Crippen LogP) is 5.87. The van der Waals surface area contributed by atoms with Crippen LogP contribution in [0.1, 0.15) is 69.7 Å². The summed E-state index contributed by atoms with van der Waals surface area (Å²) in [6, 6.07) is 14.2. The first-order chi connectivity index (χ1) is 14.5. The molecule has 0 radical (unpaired) electrons. The van der Waals surface area contributed by atoms with Crippen molar-refractivity contribution in [3.63, 3.8) is 0 Å². The molecule has 30 heavy (non-hydrogen) atoms. The van der Waals surface area contributed by atoms with E-state index in [4.69, 9.17) is 0 Å². The van der Waals surface area contributed by atoms with E-state index in [1.54, 1.807) is 16.2 Å². The molecule has 0 fully saturated rings. The van der Waals surface area contributed by atoms with Crippen molar-refractivity contribution < 1.29 is 9.59 Å². The first-order valence-corrected chi connectivity index (χ1v) is 12.1. The lowest BCUT2D eigenvalue weighted by Crippen LogP contribution is -2.46. The fourth-order valence-corrected chi connectivity index (χ4v) is 4.15. The quantitative estimate of drug-likeness (QED) is 0.374. The summed E-state index contributed by atoms with van der Waals surface area (Å²) in [5, 5.41) is 2.03. The molecule has 5 heteroatoms. The van der Waals surface area contributed by atoms with Gasteiger partial charge in [0.15, 0.2) is 0 Å². The number of carbonyl (C=O) groups excluding carboxylic acids is 2. The monoisotopic (exact) mass is 428 g/mol. The summed E-state index contributed by atoms with van der Waals surface area (Å²) in [5.74, 6) is 0.110. The number of hydrogen-bond acceptors (Lipinski definition) is 3. The van der Waals surface area contributed by atoms with Gasteiger partial charge in [-0.15, -0.1) is 11.3 Å². The first kappa shape index (κ1) is 24.1. The number of carbonyl (C=O) groups is 2. The van der Waals surface area contributed by atoms with Gasteiger partial charge in [-0.1, -0.05) is 69.5 Å². The molecule has 164 valence electrons. The van der Waals surface area contributed by atoms with Crippen LogP contribution in [-0.2, 0) is 22.7 Å². The maximum absolute atomic E-state index is 13.3. The lowest BCUT2D eigenvalue weighted by molar-refractivity contribution is -0.143. The van der Waals surface area contributed by atoms with Gasteiger partial charge in [-0.05, 0) is 36.8 Å². The van der Waals surface area contributed by atoms with Crippen molar-refractivity contribution in [2.45, 2.75) is 78.4 Å². The van der Waals surface area contributed by atoms with Crippen LogP contribution in [0, 0.1) is 0 Å². The van der Waals surface area contributed by atoms with E-state index in [0.717, 1.165) is 42.5 Å².